The van der Waals surface area contributed by atoms with Crippen molar-refractivity contribution in [3.8, 4) is 0 Å². The number of nitrogens with zero attached hydrogens (tertiary/aromatic N) is 2. The number of carbonyl (C=O) groups excluding carboxylic acids is 2. The molecular weight excluding hydrogens is 435 g/mol. The largest absolute Gasteiger partial charge is 0.340 e. The molecule has 0 spiro atoms. The smallest absolute Gasteiger partial charge is 0.246 e. The number of fused-ring (bicyclic) bond motifs is 1. The van der Waals surface area contributed by atoms with Crippen molar-refractivity contribution in [1.82, 2.24) is 9.21 Å². The Balaban J connectivity index is 1.49. The Labute approximate surface area is 176 Å². The van der Waals surface area contributed by atoms with E-state index in [2.05, 4.69) is 5.32 Å². The number of carbonyl (C=O) groups is 2. The molecule has 4 rings (SSSR count). The van der Waals surface area contributed by atoms with Crippen LogP contribution in [0.15, 0.2) is 41.3 Å². The molecule has 0 saturated carbocycles. The Morgan fingerprint density at radius 2 is 1.61 bits per heavy atom. The predicted octanol–water partition coefficient (Wildman–Crippen LogP) is 2.06. The minimum absolute atomic E-state index is 0.0372. The molecular formula is C20H18F3N3O4S. The van der Waals surface area contributed by atoms with Crippen molar-refractivity contribution in [2.24, 2.45) is 0 Å². The van der Waals surface area contributed by atoms with Gasteiger partial charge in [0.15, 0.2) is 0 Å². The summed E-state index contributed by atoms with van der Waals surface area (Å²) in [4.78, 5) is 25.8. The summed E-state index contributed by atoms with van der Waals surface area (Å²) in [6.07, 6.45) is -0.100. The molecule has 2 amide bonds. The molecule has 164 valence electrons. The molecule has 2 aliphatic rings. The fraction of sp³-hybridized carbons (Fsp3) is 0.300. The summed E-state index contributed by atoms with van der Waals surface area (Å²) in [6, 6.07) is 6.04. The topological polar surface area (TPSA) is 86.8 Å². The van der Waals surface area contributed by atoms with E-state index in [1.54, 1.807) is 0 Å². The highest BCUT2D eigenvalue weighted by molar-refractivity contribution is 7.89. The molecule has 0 bridgehead atoms. The normalized spacial score (nSPS) is 19.6. The van der Waals surface area contributed by atoms with Crippen molar-refractivity contribution >= 4 is 27.5 Å². The fourth-order valence-corrected chi connectivity index (χ4v) is 5.32. The van der Waals surface area contributed by atoms with Crippen LogP contribution in [0.25, 0.3) is 0 Å². The molecule has 2 aliphatic heterocycles. The second-order valence-corrected chi connectivity index (χ2v) is 9.25. The van der Waals surface area contributed by atoms with Gasteiger partial charge in [0.05, 0.1) is 5.92 Å². The van der Waals surface area contributed by atoms with Gasteiger partial charge in [-0.1, -0.05) is 6.07 Å². The predicted molar refractivity (Wildman–Crippen MR) is 104 cm³/mol. The van der Waals surface area contributed by atoms with E-state index in [9.17, 15) is 31.2 Å². The van der Waals surface area contributed by atoms with Crippen molar-refractivity contribution in [2.45, 2.75) is 17.2 Å². The van der Waals surface area contributed by atoms with Gasteiger partial charge in [0.2, 0.25) is 21.8 Å². The van der Waals surface area contributed by atoms with Crippen LogP contribution in [-0.4, -0.2) is 55.6 Å². The highest BCUT2D eigenvalue weighted by Gasteiger charge is 2.37. The van der Waals surface area contributed by atoms with Crippen LogP contribution in [0.2, 0.25) is 0 Å². The van der Waals surface area contributed by atoms with E-state index in [-0.39, 0.29) is 44.2 Å². The summed E-state index contributed by atoms with van der Waals surface area (Å²) < 4.78 is 67.0. The van der Waals surface area contributed by atoms with Crippen LogP contribution in [-0.2, 0) is 19.6 Å². The van der Waals surface area contributed by atoms with Gasteiger partial charge < -0.3 is 10.2 Å². The molecule has 1 fully saturated rings. The minimum Gasteiger partial charge on any atom is -0.340 e. The molecule has 0 radical (unpaired) electrons. The van der Waals surface area contributed by atoms with Gasteiger partial charge in [0.1, 0.15) is 22.3 Å². The van der Waals surface area contributed by atoms with E-state index < -0.39 is 44.2 Å². The first-order valence-electron chi connectivity index (χ1n) is 9.50. The number of nitrogens with one attached hydrogen (secondary N) is 1. The maximum Gasteiger partial charge on any atom is 0.246 e. The summed E-state index contributed by atoms with van der Waals surface area (Å²) in [5.41, 5.74) is 0.733. The molecule has 1 unspecified atom stereocenters. The number of sulfonamides is 1. The van der Waals surface area contributed by atoms with Crippen molar-refractivity contribution in [2.75, 3.05) is 31.5 Å². The molecule has 2 aromatic rings. The minimum atomic E-state index is -4.20. The fourth-order valence-electron chi connectivity index (χ4n) is 3.85. The van der Waals surface area contributed by atoms with E-state index in [1.165, 1.54) is 17.0 Å². The Morgan fingerprint density at radius 3 is 2.29 bits per heavy atom. The molecule has 0 aliphatic carbocycles. The van der Waals surface area contributed by atoms with E-state index in [4.69, 9.17) is 0 Å². The number of halogens is 3. The van der Waals surface area contributed by atoms with Crippen LogP contribution in [0.5, 0.6) is 0 Å². The molecule has 2 aromatic carbocycles. The maximum absolute atomic E-state index is 14.0. The molecule has 0 aromatic heterocycles. The van der Waals surface area contributed by atoms with Gasteiger partial charge in [-0.05, 0) is 29.8 Å². The lowest BCUT2D eigenvalue weighted by Crippen LogP contribution is -2.52. The standard InChI is InChI=1S/C20H18F3N3O4S/c21-12-2-4-18(16(23)9-12)31(29,30)26-7-5-25(6-8-26)20(28)15-11-19(27)24-17-10-13(22)1-3-14(15)17/h1-4,9-10,15H,5-8,11H2,(H,24,27). The summed E-state index contributed by atoms with van der Waals surface area (Å²) in [7, 11) is -4.20. The van der Waals surface area contributed by atoms with Gasteiger partial charge in [0, 0.05) is 44.4 Å². The van der Waals surface area contributed by atoms with E-state index >= 15 is 0 Å². The second-order valence-electron chi connectivity index (χ2n) is 7.34. The van der Waals surface area contributed by atoms with Crippen LogP contribution >= 0.6 is 0 Å². The quantitative estimate of drug-likeness (QED) is 0.771. The third-order valence-corrected chi connectivity index (χ3v) is 7.35. The Bertz CT molecular complexity index is 1160. The van der Waals surface area contributed by atoms with Crippen molar-refractivity contribution in [1.29, 1.82) is 0 Å². The van der Waals surface area contributed by atoms with Gasteiger partial charge in [-0.25, -0.2) is 21.6 Å². The van der Waals surface area contributed by atoms with E-state index in [0.717, 1.165) is 22.5 Å². The number of amides is 2. The molecule has 2 heterocycles. The third-order valence-electron chi connectivity index (χ3n) is 5.41. The Kier molecular flexibility index (Phi) is 5.48. The molecule has 1 N–H and O–H groups in total. The van der Waals surface area contributed by atoms with Crippen molar-refractivity contribution in [3.63, 3.8) is 0 Å². The zero-order valence-corrected chi connectivity index (χ0v) is 17.0. The van der Waals surface area contributed by atoms with Gasteiger partial charge in [0.25, 0.3) is 0 Å². The third kappa shape index (κ3) is 4.02. The van der Waals surface area contributed by atoms with Crippen molar-refractivity contribution < 1.29 is 31.2 Å². The summed E-state index contributed by atoms with van der Waals surface area (Å²) in [6.45, 7) is -0.0921. The summed E-state index contributed by atoms with van der Waals surface area (Å²) in [5, 5.41) is 2.54. The molecule has 1 saturated heterocycles. The van der Waals surface area contributed by atoms with Gasteiger partial charge >= 0.3 is 0 Å². The van der Waals surface area contributed by atoms with Crippen LogP contribution in [0.4, 0.5) is 18.9 Å². The summed E-state index contributed by atoms with van der Waals surface area (Å²) >= 11 is 0. The number of rotatable bonds is 3. The Morgan fingerprint density at radius 1 is 0.968 bits per heavy atom. The lowest BCUT2D eigenvalue weighted by molar-refractivity contribution is -0.136. The molecule has 1 atom stereocenters. The highest BCUT2D eigenvalue weighted by Crippen LogP contribution is 2.34. The average molecular weight is 453 g/mol. The van der Waals surface area contributed by atoms with E-state index in [0.29, 0.717) is 11.6 Å². The SMILES string of the molecule is O=C1CC(C(=O)N2CCN(S(=O)(=O)c3ccc(F)cc3F)CC2)c2ccc(F)cc2N1. The number of benzene rings is 2. The number of anilines is 1. The number of piperazine rings is 1. The number of hydrogen-bond acceptors (Lipinski definition) is 4. The Hall–Kier alpha value is -2.92. The second kappa shape index (κ2) is 7.97. The van der Waals surface area contributed by atoms with Crippen LogP contribution < -0.4 is 5.32 Å². The zero-order chi connectivity index (χ0) is 22.3. The first kappa shape index (κ1) is 21.3. The molecule has 7 nitrogen and oxygen atoms in total. The first-order chi connectivity index (χ1) is 14.7. The highest BCUT2D eigenvalue weighted by atomic mass is 32.2. The number of hydrogen-bond donors (Lipinski definition) is 1. The lowest BCUT2D eigenvalue weighted by Gasteiger charge is -2.36. The van der Waals surface area contributed by atoms with Crippen LogP contribution in [0.1, 0.15) is 17.9 Å². The van der Waals surface area contributed by atoms with Crippen molar-refractivity contribution in [3.05, 3.63) is 59.4 Å². The van der Waals surface area contributed by atoms with Crippen LogP contribution in [0.3, 0.4) is 0 Å². The monoisotopic (exact) mass is 453 g/mol. The average Bonchev–Trinajstić information content (AvgIpc) is 2.72. The van der Waals surface area contributed by atoms with Gasteiger partial charge in [-0.3, -0.25) is 9.59 Å². The van der Waals surface area contributed by atoms with E-state index in [1.807, 2.05) is 0 Å². The first-order valence-corrected chi connectivity index (χ1v) is 10.9. The van der Waals surface area contributed by atoms with Crippen LogP contribution in [0, 0.1) is 17.5 Å². The maximum atomic E-state index is 14.0. The summed E-state index contributed by atoms with van der Waals surface area (Å²) in [5.74, 6) is -4.20. The van der Waals surface area contributed by atoms with Gasteiger partial charge in [-0.15, -0.1) is 0 Å². The lowest BCUT2D eigenvalue weighted by atomic mass is 9.89. The molecule has 31 heavy (non-hydrogen) atoms. The zero-order valence-electron chi connectivity index (χ0n) is 16.1. The van der Waals surface area contributed by atoms with Gasteiger partial charge in [-0.2, -0.15) is 4.31 Å². The molecule has 11 heteroatoms.